The van der Waals surface area contributed by atoms with Gasteiger partial charge in [-0.2, -0.15) is 18.3 Å². The predicted octanol–water partition coefficient (Wildman–Crippen LogP) is 2.44. The summed E-state index contributed by atoms with van der Waals surface area (Å²) >= 11 is 0. The van der Waals surface area contributed by atoms with Crippen molar-refractivity contribution in [3.8, 4) is 18.0 Å². The molecule has 1 heterocycles. The maximum absolute atomic E-state index is 12.9. The number of aromatic nitrogens is 2. The Balaban J connectivity index is 2.45. The second-order valence-corrected chi connectivity index (χ2v) is 5.22. The average Bonchev–Trinajstić information content (AvgIpc) is 2.86. The van der Waals surface area contributed by atoms with Gasteiger partial charge in [0.1, 0.15) is 0 Å². The van der Waals surface area contributed by atoms with E-state index in [1.165, 1.54) is 30.7 Å². The van der Waals surface area contributed by atoms with E-state index in [2.05, 4.69) is 16.3 Å². The Morgan fingerprint density at radius 3 is 2.60 bits per heavy atom. The van der Waals surface area contributed by atoms with Gasteiger partial charge in [0.2, 0.25) is 0 Å². The summed E-state index contributed by atoms with van der Waals surface area (Å²) in [5, 5.41) is 6.35. The molecule has 1 aromatic heterocycles. The predicted molar refractivity (Wildman–Crippen MR) is 84.2 cm³/mol. The molecule has 25 heavy (non-hydrogen) atoms. The molecule has 0 spiro atoms. The van der Waals surface area contributed by atoms with E-state index in [0.717, 1.165) is 12.1 Å². The summed E-state index contributed by atoms with van der Waals surface area (Å²) in [6, 6.07) is 4.54. The summed E-state index contributed by atoms with van der Waals surface area (Å²) in [7, 11) is 0. The van der Waals surface area contributed by atoms with E-state index < -0.39 is 23.4 Å². The summed E-state index contributed by atoms with van der Waals surface area (Å²) in [5.41, 5.74) is -0.170. The molecule has 1 N–H and O–H groups in total. The van der Waals surface area contributed by atoms with Crippen LogP contribution in [0, 0.1) is 26.2 Å². The largest absolute Gasteiger partial charge is 0.416 e. The highest BCUT2D eigenvalue weighted by Crippen LogP contribution is 2.30. The molecule has 0 fully saturated rings. The number of rotatable bonds is 4. The minimum absolute atomic E-state index is 0.0342. The van der Waals surface area contributed by atoms with Gasteiger partial charge in [0.25, 0.3) is 11.7 Å². The smallest absolute Gasteiger partial charge is 0.338 e. The molecule has 0 unspecified atom stereocenters. The zero-order valence-electron chi connectivity index (χ0n) is 13.4. The second kappa shape index (κ2) is 6.81. The Morgan fingerprint density at radius 1 is 1.32 bits per heavy atom. The van der Waals surface area contributed by atoms with E-state index in [4.69, 9.17) is 6.42 Å². The lowest BCUT2D eigenvalue weighted by Gasteiger charge is -2.10. The molecule has 0 bridgehead atoms. The summed E-state index contributed by atoms with van der Waals surface area (Å²) in [6.07, 6.45) is 0.520. The first-order chi connectivity index (χ1) is 11.7. The first kappa shape index (κ1) is 18.3. The van der Waals surface area contributed by atoms with E-state index in [0.29, 0.717) is 0 Å². The molecule has 2 rings (SSSR count). The third-order valence-corrected chi connectivity index (χ3v) is 3.49. The zero-order chi connectivity index (χ0) is 18.8. The summed E-state index contributed by atoms with van der Waals surface area (Å²) < 4.78 is 39.8. The van der Waals surface area contributed by atoms with Gasteiger partial charge in [-0.3, -0.25) is 9.59 Å². The minimum atomic E-state index is -4.50. The number of nitrogens with zero attached hydrogens (tertiary/aromatic N) is 2. The number of hydrogen-bond donors (Lipinski definition) is 1. The Morgan fingerprint density at radius 2 is 2.00 bits per heavy atom. The van der Waals surface area contributed by atoms with Gasteiger partial charge in [-0.25, -0.2) is 4.68 Å². The molecular formula is C17H14F3N3O2. The van der Waals surface area contributed by atoms with Crippen molar-refractivity contribution >= 4 is 11.7 Å². The topological polar surface area (TPSA) is 64.0 Å². The number of ketones is 1. The van der Waals surface area contributed by atoms with Gasteiger partial charge in [0.15, 0.2) is 0 Å². The van der Waals surface area contributed by atoms with Crippen LogP contribution in [0.5, 0.6) is 0 Å². The van der Waals surface area contributed by atoms with Crippen LogP contribution in [-0.4, -0.2) is 28.0 Å². The van der Waals surface area contributed by atoms with E-state index in [1.807, 2.05) is 0 Å². The van der Waals surface area contributed by atoms with E-state index >= 15 is 0 Å². The van der Waals surface area contributed by atoms with Crippen molar-refractivity contribution in [2.24, 2.45) is 0 Å². The lowest BCUT2D eigenvalue weighted by Crippen LogP contribution is -2.31. The number of aryl methyl sites for hydroxylation is 1. The summed E-state index contributed by atoms with van der Waals surface area (Å²) in [6.45, 7) is 2.89. The van der Waals surface area contributed by atoms with Crippen molar-refractivity contribution in [1.82, 2.24) is 15.1 Å². The van der Waals surface area contributed by atoms with Crippen molar-refractivity contribution < 1.29 is 22.8 Å². The number of Topliss-reactive ketones (excluding diaryl/α,β-unsaturated/α-hetero) is 1. The van der Waals surface area contributed by atoms with Crippen LogP contribution < -0.4 is 5.32 Å². The normalized spacial score (nSPS) is 11.0. The maximum Gasteiger partial charge on any atom is 0.416 e. The molecular weight excluding hydrogens is 335 g/mol. The maximum atomic E-state index is 12.9. The fourth-order valence-electron chi connectivity index (χ4n) is 2.36. The number of amides is 1. The third-order valence-electron chi connectivity index (χ3n) is 3.49. The van der Waals surface area contributed by atoms with Crippen LogP contribution in [0.4, 0.5) is 13.2 Å². The zero-order valence-corrected chi connectivity index (χ0v) is 13.4. The standard InChI is InChI=1S/C17H14F3N3O2/c1-4-8-21-16(25)15(24)14-10(2)22-23(11(14)3)13-7-5-6-12(9-13)17(18,19)20/h1,5-7,9H,8H2,2-3H3,(H,21,25). The van der Waals surface area contributed by atoms with Crippen LogP contribution >= 0.6 is 0 Å². The summed E-state index contributed by atoms with van der Waals surface area (Å²) in [5.74, 6) is 0.434. The van der Waals surface area contributed by atoms with Gasteiger partial charge in [0.05, 0.1) is 34.7 Å². The van der Waals surface area contributed by atoms with Crippen LogP contribution in [-0.2, 0) is 11.0 Å². The van der Waals surface area contributed by atoms with Gasteiger partial charge < -0.3 is 5.32 Å². The number of halogens is 3. The fraction of sp³-hybridized carbons (Fsp3) is 0.235. The number of carbonyl (C=O) groups is 2. The second-order valence-electron chi connectivity index (χ2n) is 5.22. The highest BCUT2D eigenvalue weighted by molar-refractivity contribution is 6.43. The summed E-state index contributed by atoms with van der Waals surface area (Å²) in [4.78, 5) is 24.0. The Kier molecular flexibility index (Phi) is 4.97. The lowest BCUT2D eigenvalue weighted by molar-refractivity contribution is -0.137. The van der Waals surface area contributed by atoms with Crippen LogP contribution in [0.1, 0.15) is 27.3 Å². The van der Waals surface area contributed by atoms with Crippen LogP contribution in [0.3, 0.4) is 0 Å². The first-order valence-corrected chi connectivity index (χ1v) is 7.16. The van der Waals surface area contributed by atoms with Crippen molar-refractivity contribution in [2.75, 3.05) is 6.54 Å². The van der Waals surface area contributed by atoms with Crippen LogP contribution in [0.15, 0.2) is 24.3 Å². The molecule has 8 heteroatoms. The molecule has 0 saturated carbocycles. The van der Waals surface area contributed by atoms with Crippen molar-refractivity contribution in [3.63, 3.8) is 0 Å². The van der Waals surface area contributed by atoms with Crippen molar-refractivity contribution in [1.29, 1.82) is 0 Å². The monoisotopic (exact) mass is 349 g/mol. The molecule has 0 aliphatic heterocycles. The first-order valence-electron chi connectivity index (χ1n) is 7.16. The number of carbonyl (C=O) groups excluding carboxylic acids is 2. The number of nitrogens with one attached hydrogen (secondary N) is 1. The number of benzene rings is 1. The molecule has 1 aromatic carbocycles. The fourth-order valence-corrected chi connectivity index (χ4v) is 2.36. The Hall–Kier alpha value is -3.08. The molecule has 1 amide bonds. The third kappa shape index (κ3) is 3.71. The van der Waals surface area contributed by atoms with Crippen LogP contribution in [0.25, 0.3) is 5.69 Å². The van der Waals surface area contributed by atoms with Gasteiger partial charge in [-0.05, 0) is 32.0 Å². The van der Waals surface area contributed by atoms with E-state index in [9.17, 15) is 22.8 Å². The highest BCUT2D eigenvalue weighted by atomic mass is 19.4. The number of terminal acetylenes is 1. The van der Waals surface area contributed by atoms with E-state index in [-0.39, 0.29) is 29.2 Å². The molecule has 0 saturated heterocycles. The number of hydrogen-bond acceptors (Lipinski definition) is 3. The van der Waals surface area contributed by atoms with Gasteiger partial charge in [0, 0.05) is 0 Å². The molecule has 0 atom stereocenters. The molecule has 130 valence electrons. The SMILES string of the molecule is C#CCNC(=O)C(=O)c1c(C)nn(-c2cccc(C(F)(F)F)c2)c1C. The lowest BCUT2D eigenvalue weighted by atomic mass is 10.1. The molecule has 5 nitrogen and oxygen atoms in total. The van der Waals surface area contributed by atoms with Crippen LogP contribution in [0.2, 0.25) is 0 Å². The Bertz CT molecular complexity index is 876. The van der Waals surface area contributed by atoms with Gasteiger partial charge in [-0.1, -0.05) is 12.0 Å². The Labute approximate surface area is 141 Å². The van der Waals surface area contributed by atoms with Gasteiger partial charge in [-0.15, -0.1) is 6.42 Å². The quantitative estimate of drug-likeness (QED) is 0.524. The van der Waals surface area contributed by atoms with Crippen molar-refractivity contribution in [2.45, 2.75) is 20.0 Å². The number of alkyl halides is 3. The average molecular weight is 349 g/mol. The molecule has 2 aromatic rings. The minimum Gasteiger partial charge on any atom is -0.338 e. The van der Waals surface area contributed by atoms with Gasteiger partial charge >= 0.3 is 6.18 Å². The highest BCUT2D eigenvalue weighted by Gasteiger charge is 2.31. The molecule has 0 radical (unpaired) electrons. The molecule has 0 aliphatic carbocycles. The van der Waals surface area contributed by atoms with E-state index in [1.54, 1.807) is 0 Å². The van der Waals surface area contributed by atoms with Crippen molar-refractivity contribution in [3.05, 3.63) is 46.8 Å². The molecule has 0 aliphatic rings.